The summed E-state index contributed by atoms with van der Waals surface area (Å²) in [6.07, 6.45) is 2.48. The molecule has 1 heterocycles. The van der Waals surface area contributed by atoms with Gasteiger partial charge < -0.3 is 10.1 Å². The van der Waals surface area contributed by atoms with Crippen LogP contribution in [0.1, 0.15) is 45.2 Å². The Labute approximate surface area is 127 Å². The molecule has 0 radical (unpaired) electrons. The number of hydrogen-bond donors (Lipinski definition) is 1. The first-order chi connectivity index (χ1) is 10.0. The summed E-state index contributed by atoms with van der Waals surface area (Å²) < 4.78 is 18.9. The van der Waals surface area contributed by atoms with E-state index in [1.165, 1.54) is 20.0 Å². The molecule has 21 heavy (non-hydrogen) atoms. The molecule has 1 aliphatic heterocycles. The van der Waals surface area contributed by atoms with E-state index in [1.807, 2.05) is 6.07 Å². The van der Waals surface area contributed by atoms with Gasteiger partial charge in [-0.2, -0.15) is 0 Å². The molecule has 1 N–H and O–H groups in total. The van der Waals surface area contributed by atoms with E-state index in [9.17, 15) is 4.39 Å². The Hall–Kier alpha value is -1.13. The van der Waals surface area contributed by atoms with E-state index in [2.05, 4.69) is 31.0 Å². The van der Waals surface area contributed by atoms with Gasteiger partial charge in [0.05, 0.1) is 7.11 Å². The van der Waals surface area contributed by atoms with Crippen LogP contribution in [-0.2, 0) is 0 Å². The number of ether oxygens (including phenoxy) is 1. The van der Waals surface area contributed by atoms with Crippen molar-refractivity contribution in [3.8, 4) is 5.75 Å². The second kappa shape index (κ2) is 7.23. The largest absolute Gasteiger partial charge is 0.494 e. The summed E-state index contributed by atoms with van der Waals surface area (Å²) in [6, 6.07) is 6.44. The summed E-state index contributed by atoms with van der Waals surface area (Å²) >= 11 is 0. The Kier molecular flexibility index (Phi) is 5.59. The predicted molar refractivity (Wildman–Crippen MR) is 84.2 cm³/mol. The maximum Gasteiger partial charge on any atom is 0.165 e. The quantitative estimate of drug-likeness (QED) is 0.870. The summed E-state index contributed by atoms with van der Waals surface area (Å²) in [7, 11) is 1.49. The van der Waals surface area contributed by atoms with Crippen molar-refractivity contribution in [1.29, 1.82) is 0 Å². The zero-order valence-electron chi connectivity index (χ0n) is 13.5. The fraction of sp³-hybridized carbons (Fsp3) is 0.647. The zero-order valence-corrected chi connectivity index (χ0v) is 13.5. The van der Waals surface area contributed by atoms with E-state index in [4.69, 9.17) is 4.74 Å². The molecule has 1 aromatic carbocycles. The van der Waals surface area contributed by atoms with Crippen LogP contribution >= 0.6 is 0 Å². The fourth-order valence-corrected chi connectivity index (χ4v) is 3.12. The van der Waals surface area contributed by atoms with Crippen molar-refractivity contribution in [3.05, 3.63) is 29.6 Å². The van der Waals surface area contributed by atoms with E-state index < -0.39 is 0 Å². The maximum absolute atomic E-state index is 13.9. The Bertz CT molecular complexity index is 458. The minimum Gasteiger partial charge on any atom is -0.494 e. The SMILES string of the molecule is COc1ccc(C(C)N(CC2CCCN2)C(C)C)cc1F. The molecule has 4 heteroatoms. The van der Waals surface area contributed by atoms with Gasteiger partial charge in [-0.05, 0) is 57.9 Å². The smallest absolute Gasteiger partial charge is 0.165 e. The van der Waals surface area contributed by atoms with E-state index in [0.29, 0.717) is 17.8 Å². The van der Waals surface area contributed by atoms with Gasteiger partial charge in [0, 0.05) is 24.7 Å². The van der Waals surface area contributed by atoms with Crippen molar-refractivity contribution in [1.82, 2.24) is 10.2 Å². The van der Waals surface area contributed by atoms with Crippen molar-refractivity contribution in [3.63, 3.8) is 0 Å². The molecule has 0 spiro atoms. The lowest BCUT2D eigenvalue weighted by molar-refractivity contribution is 0.149. The summed E-state index contributed by atoms with van der Waals surface area (Å²) in [4.78, 5) is 2.43. The highest BCUT2D eigenvalue weighted by molar-refractivity contribution is 5.31. The van der Waals surface area contributed by atoms with Gasteiger partial charge in [-0.15, -0.1) is 0 Å². The molecule has 1 fully saturated rings. The predicted octanol–water partition coefficient (Wildman–Crippen LogP) is 3.36. The van der Waals surface area contributed by atoms with Crippen molar-refractivity contribution >= 4 is 0 Å². The Morgan fingerprint density at radius 1 is 1.38 bits per heavy atom. The van der Waals surface area contributed by atoms with Gasteiger partial charge in [-0.3, -0.25) is 4.90 Å². The summed E-state index contributed by atoms with van der Waals surface area (Å²) in [6.45, 7) is 8.67. The first-order valence-electron chi connectivity index (χ1n) is 7.85. The average Bonchev–Trinajstić information content (AvgIpc) is 2.96. The highest BCUT2D eigenvalue weighted by Gasteiger charge is 2.24. The summed E-state index contributed by atoms with van der Waals surface area (Å²) in [5.74, 6) is 0.0176. The fourth-order valence-electron chi connectivity index (χ4n) is 3.12. The maximum atomic E-state index is 13.9. The van der Waals surface area contributed by atoms with Crippen LogP contribution in [0.3, 0.4) is 0 Å². The molecule has 1 aromatic rings. The third-order valence-electron chi connectivity index (χ3n) is 4.41. The molecular formula is C17H27FN2O. The van der Waals surface area contributed by atoms with Crippen LogP contribution < -0.4 is 10.1 Å². The van der Waals surface area contributed by atoms with Crippen molar-refractivity contribution in [2.24, 2.45) is 0 Å². The van der Waals surface area contributed by atoms with Crippen LogP contribution in [0.4, 0.5) is 4.39 Å². The highest BCUT2D eigenvalue weighted by Crippen LogP contribution is 2.27. The molecule has 0 aromatic heterocycles. The molecule has 0 amide bonds. The Morgan fingerprint density at radius 3 is 2.67 bits per heavy atom. The molecule has 2 unspecified atom stereocenters. The third-order valence-corrected chi connectivity index (χ3v) is 4.41. The lowest BCUT2D eigenvalue weighted by atomic mass is 10.0. The van der Waals surface area contributed by atoms with Crippen LogP contribution in [0.15, 0.2) is 18.2 Å². The van der Waals surface area contributed by atoms with Gasteiger partial charge in [0.15, 0.2) is 11.6 Å². The molecule has 1 aliphatic rings. The molecule has 3 nitrogen and oxygen atoms in total. The van der Waals surface area contributed by atoms with Gasteiger partial charge in [-0.25, -0.2) is 4.39 Å². The van der Waals surface area contributed by atoms with Crippen LogP contribution in [0.5, 0.6) is 5.75 Å². The lowest BCUT2D eigenvalue weighted by Gasteiger charge is -2.35. The van der Waals surface area contributed by atoms with Crippen molar-refractivity contribution < 1.29 is 9.13 Å². The third kappa shape index (κ3) is 3.95. The first kappa shape index (κ1) is 16.2. The number of nitrogens with one attached hydrogen (secondary N) is 1. The standard InChI is InChI=1S/C17H27FN2O/c1-12(2)20(11-15-6-5-9-19-15)13(3)14-7-8-17(21-4)16(18)10-14/h7-8,10,12-13,15,19H,5-6,9,11H2,1-4H3. The average molecular weight is 294 g/mol. The molecule has 0 bridgehead atoms. The zero-order chi connectivity index (χ0) is 15.4. The second-order valence-corrected chi connectivity index (χ2v) is 6.15. The van der Waals surface area contributed by atoms with Crippen LogP contribution in [-0.4, -0.2) is 37.2 Å². The topological polar surface area (TPSA) is 24.5 Å². The lowest BCUT2D eigenvalue weighted by Crippen LogP contribution is -2.42. The van der Waals surface area contributed by atoms with E-state index in [0.717, 1.165) is 18.7 Å². The van der Waals surface area contributed by atoms with Crippen LogP contribution in [0.25, 0.3) is 0 Å². The molecule has 0 aliphatic carbocycles. The first-order valence-corrected chi connectivity index (χ1v) is 7.85. The number of methoxy groups -OCH3 is 1. The van der Waals surface area contributed by atoms with Gasteiger partial charge in [0.1, 0.15) is 0 Å². The van der Waals surface area contributed by atoms with E-state index >= 15 is 0 Å². The number of halogens is 1. The van der Waals surface area contributed by atoms with Crippen LogP contribution in [0, 0.1) is 5.82 Å². The van der Waals surface area contributed by atoms with E-state index in [-0.39, 0.29) is 11.9 Å². The monoisotopic (exact) mass is 294 g/mol. The molecular weight excluding hydrogens is 267 g/mol. The Balaban J connectivity index is 2.13. The van der Waals surface area contributed by atoms with Gasteiger partial charge in [-0.1, -0.05) is 6.07 Å². The molecule has 118 valence electrons. The Morgan fingerprint density at radius 2 is 2.14 bits per heavy atom. The summed E-state index contributed by atoms with van der Waals surface area (Å²) in [5.41, 5.74) is 1.000. The highest BCUT2D eigenvalue weighted by atomic mass is 19.1. The number of nitrogens with zero attached hydrogens (tertiary/aromatic N) is 1. The minimum atomic E-state index is -0.287. The van der Waals surface area contributed by atoms with Gasteiger partial charge >= 0.3 is 0 Å². The summed E-state index contributed by atoms with van der Waals surface area (Å²) in [5, 5.41) is 3.54. The molecule has 2 atom stereocenters. The normalized spacial score (nSPS) is 20.2. The molecule has 2 rings (SSSR count). The molecule has 0 saturated carbocycles. The van der Waals surface area contributed by atoms with Gasteiger partial charge in [0.25, 0.3) is 0 Å². The number of hydrogen-bond acceptors (Lipinski definition) is 3. The number of rotatable bonds is 6. The molecule has 1 saturated heterocycles. The van der Waals surface area contributed by atoms with Crippen molar-refractivity contribution in [2.45, 2.75) is 51.7 Å². The minimum absolute atomic E-state index is 0.188. The van der Waals surface area contributed by atoms with E-state index in [1.54, 1.807) is 12.1 Å². The van der Waals surface area contributed by atoms with Gasteiger partial charge in [0.2, 0.25) is 0 Å². The van der Waals surface area contributed by atoms with Crippen molar-refractivity contribution in [2.75, 3.05) is 20.2 Å². The second-order valence-electron chi connectivity index (χ2n) is 6.15. The number of benzene rings is 1. The van der Waals surface area contributed by atoms with Crippen LogP contribution in [0.2, 0.25) is 0 Å².